The van der Waals surface area contributed by atoms with Crippen molar-refractivity contribution in [1.82, 2.24) is 0 Å². The lowest BCUT2D eigenvalue weighted by molar-refractivity contribution is -0.651. The van der Waals surface area contributed by atoms with Crippen LogP contribution in [0.2, 0.25) is 0 Å². The van der Waals surface area contributed by atoms with Crippen molar-refractivity contribution in [2.75, 3.05) is 0 Å². The van der Waals surface area contributed by atoms with Crippen LogP contribution in [0.15, 0.2) is 109 Å². The Kier molecular flexibility index (Phi) is 13.3. The van der Waals surface area contributed by atoms with Crippen LogP contribution in [0.3, 0.4) is 0 Å². The quantitative estimate of drug-likeness (QED) is 0.0492. The van der Waals surface area contributed by atoms with Crippen LogP contribution in [0.1, 0.15) is 5.56 Å². The Morgan fingerprint density at radius 2 is 0.569 bits per heavy atom. The van der Waals surface area contributed by atoms with Crippen molar-refractivity contribution in [2.45, 2.75) is 6.54 Å². The van der Waals surface area contributed by atoms with Crippen molar-refractivity contribution in [2.24, 2.45) is 0 Å². The number of hydrogen-bond donors (Lipinski definition) is 0. The van der Waals surface area contributed by atoms with Crippen LogP contribution >= 0.6 is 0 Å². The molecule has 0 saturated heterocycles. The highest BCUT2D eigenvalue weighted by molar-refractivity contribution is 7.20. The predicted octanol–water partition coefficient (Wildman–Crippen LogP) is 11.8. The standard InChI is InChI=1S/C26H20N.C24BF20/c1-3-9-20(10-4-1)19-27-25-14-8-7-11-21(25)15-16-26(27)24-17-22-12-5-2-6-13-23(22)18-24;26-5-1(6(27)14(35)21(42)13(5)34)25(2-7(28)15(36)22(43)16(37)8(2)29,3-9(30)17(38)23(44)18(39)10(3)31)4-11(32)19(40)24(45)20(41)12(4)33/h1-18H,19H2;/q+1;-1. The fourth-order valence-electron chi connectivity index (χ4n) is 8.69. The Bertz CT molecular complexity index is 3210. The van der Waals surface area contributed by atoms with E-state index in [0.29, 0.717) is 0 Å². The van der Waals surface area contributed by atoms with E-state index in [1.807, 2.05) is 0 Å². The van der Waals surface area contributed by atoms with E-state index >= 15 is 35.1 Å². The largest absolute Gasteiger partial charge is 0.213 e. The first-order valence-corrected chi connectivity index (χ1v) is 20.3. The van der Waals surface area contributed by atoms with Gasteiger partial charge in [0.2, 0.25) is 11.2 Å². The van der Waals surface area contributed by atoms with Crippen molar-refractivity contribution >= 4 is 38.9 Å². The van der Waals surface area contributed by atoms with Crippen molar-refractivity contribution in [1.29, 1.82) is 0 Å². The van der Waals surface area contributed by atoms with Gasteiger partial charge in [0.15, 0.2) is 76.4 Å². The summed E-state index contributed by atoms with van der Waals surface area (Å²) < 4.78 is 296. The highest BCUT2D eigenvalue weighted by Crippen LogP contribution is 2.33. The van der Waals surface area contributed by atoms with Gasteiger partial charge in [-0.3, -0.25) is 0 Å². The minimum Gasteiger partial charge on any atom is -0.207 e. The van der Waals surface area contributed by atoms with Crippen molar-refractivity contribution in [3.05, 3.63) is 231 Å². The van der Waals surface area contributed by atoms with Gasteiger partial charge in [0.05, 0.1) is 0 Å². The average Bonchev–Trinajstić information content (AvgIpc) is 3.65. The third kappa shape index (κ3) is 7.83. The van der Waals surface area contributed by atoms with Gasteiger partial charge < -0.3 is 0 Å². The third-order valence-corrected chi connectivity index (χ3v) is 11.9. The Morgan fingerprint density at radius 3 is 0.917 bits per heavy atom. The molecule has 0 bridgehead atoms. The van der Waals surface area contributed by atoms with Crippen molar-refractivity contribution < 1.29 is 92.4 Å². The fourth-order valence-corrected chi connectivity index (χ4v) is 8.69. The summed E-state index contributed by atoms with van der Waals surface area (Å²) in [5.41, 5.74) is -6.71. The summed E-state index contributed by atoms with van der Waals surface area (Å²) in [6.07, 6.45) is -7.22. The summed E-state index contributed by atoms with van der Waals surface area (Å²) in [5.74, 6) is -71.4. The number of benzene rings is 6. The van der Waals surface area contributed by atoms with E-state index in [1.54, 1.807) is 0 Å². The van der Waals surface area contributed by atoms with Crippen LogP contribution in [0, 0.1) is 116 Å². The molecular formula is C50H20BF20N. The SMILES string of the molecule is Fc1c(F)c(F)c([B-](c2c(F)c(F)c(F)c(F)c2F)(c2c(F)c(F)c(F)c(F)c2F)c2c(F)c(F)c(F)c(F)c2F)c(F)c1F.c1ccc(C[n+]2c(-c3cc4cccccc-4c3)ccc3ccccc32)cc1. The van der Waals surface area contributed by atoms with Gasteiger partial charge in [-0.1, -0.05) is 72.8 Å². The summed E-state index contributed by atoms with van der Waals surface area (Å²) in [4.78, 5) is 0. The van der Waals surface area contributed by atoms with Gasteiger partial charge in [0.25, 0.3) is 0 Å². The van der Waals surface area contributed by atoms with Gasteiger partial charge in [-0.15, -0.1) is 21.9 Å². The lowest BCUT2D eigenvalue weighted by atomic mass is 9.12. The molecule has 6 aromatic carbocycles. The molecule has 22 heteroatoms. The fraction of sp³-hybridized carbons (Fsp3) is 0.0200. The zero-order valence-corrected chi connectivity index (χ0v) is 35.2. The van der Waals surface area contributed by atoms with E-state index in [-0.39, 0.29) is 0 Å². The topological polar surface area (TPSA) is 3.88 Å². The van der Waals surface area contributed by atoms with E-state index in [4.69, 9.17) is 0 Å². The third-order valence-electron chi connectivity index (χ3n) is 11.9. The second-order valence-electron chi connectivity index (χ2n) is 15.7. The van der Waals surface area contributed by atoms with Gasteiger partial charge in [-0.25, -0.2) is 87.8 Å². The van der Waals surface area contributed by atoms with Gasteiger partial charge >= 0.3 is 0 Å². The molecule has 0 aliphatic heterocycles. The van der Waals surface area contributed by atoms with Crippen LogP contribution in [0.4, 0.5) is 87.8 Å². The molecule has 9 rings (SSSR count). The summed E-state index contributed by atoms with van der Waals surface area (Å²) in [7, 11) is 0. The Balaban J connectivity index is 0.000000217. The molecule has 1 aromatic heterocycles. The summed E-state index contributed by atoms with van der Waals surface area (Å²) in [6.45, 7) is 0.854. The number of fused-ring (bicyclic) bond motifs is 2. The van der Waals surface area contributed by atoms with Gasteiger partial charge in [-0.2, -0.15) is 4.57 Å². The van der Waals surface area contributed by atoms with Crippen LogP contribution in [-0.2, 0) is 6.54 Å². The molecule has 0 unspecified atom stereocenters. The monoisotopic (exact) mass is 1030 g/mol. The Morgan fingerprint density at radius 1 is 0.278 bits per heavy atom. The van der Waals surface area contributed by atoms with Crippen LogP contribution in [0.25, 0.3) is 33.3 Å². The molecule has 0 amide bonds. The first kappa shape index (κ1) is 50.5. The first-order valence-electron chi connectivity index (χ1n) is 20.3. The summed E-state index contributed by atoms with van der Waals surface area (Å²) >= 11 is 0. The molecule has 72 heavy (non-hydrogen) atoms. The smallest absolute Gasteiger partial charge is 0.207 e. The van der Waals surface area contributed by atoms with Crippen LogP contribution < -0.4 is 26.4 Å². The van der Waals surface area contributed by atoms with E-state index in [2.05, 4.69) is 114 Å². The molecular weight excluding hydrogens is 1010 g/mol. The van der Waals surface area contributed by atoms with Crippen molar-refractivity contribution in [3.63, 3.8) is 0 Å². The molecule has 368 valence electrons. The number of aromatic nitrogens is 1. The molecule has 2 aliphatic rings. The number of hydrogen-bond acceptors (Lipinski definition) is 0. The van der Waals surface area contributed by atoms with Crippen LogP contribution in [0.5, 0.6) is 0 Å². The van der Waals surface area contributed by atoms with Gasteiger partial charge in [0.1, 0.15) is 52.7 Å². The number of rotatable bonds is 7. The van der Waals surface area contributed by atoms with E-state index in [0.717, 1.165) is 6.54 Å². The van der Waals surface area contributed by atoms with E-state index in [9.17, 15) is 52.7 Å². The predicted molar refractivity (Wildman–Crippen MR) is 221 cm³/mol. The molecule has 0 spiro atoms. The minimum absolute atomic E-state index is 0.854. The maximum Gasteiger partial charge on any atom is 0.213 e. The molecule has 0 N–H and O–H groups in total. The van der Waals surface area contributed by atoms with Crippen LogP contribution in [-0.4, -0.2) is 6.15 Å². The second kappa shape index (κ2) is 19.0. The number of pyridine rings is 1. The van der Waals surface area contributed by atoms with E-state index < -0.39 is 144 Å². The number of nitrogens with zero attached hydrogens (tertiary/aromatic N) is 1. The minimum atomic E-state index is -7.22. The molecule has 7 aromatic rings. The molecule has 2 aliphatic carbocycles. The van der Waals surface area contributed by atoms with Gasteiger partial charge in [-0.05, 0) is 35.4 Å². The molecule has 0 saturated carbocycles. The lowest BCUT2D eigenvalue weighted by Gasteiger charge is -2.44. The first-order chi connectivity index (χ1) is 34.1. The zero-order valence-electron chi connectivity index (χ0n) is 35.2. The normalized spacial score (nSPS) is 11.7. The lowest BCUT2D eigenvalue weighted by Crippen LogP contribution is -2.81. The highest BCUT2D eigenvalue weighted by Gasteiger charge is 2.52. The summed E-state index contributed by atoms with van der Waals surface area (Å²) in [6, 6.07) is 39.0. The van der Waals surface area contributed by atoms with Gasteiger partial charge in [0, 0.05) is 28.6 Å². The average molecular weight is 1030 g/mol. The maximum absolute atomic E-state index is 15.4. The number of halogens is 20. The number of para-hydroxylation sites is 1. The highest BCUT2D eigenvalue weighted by atomic mass is 19.2. The summed E-state index contributed by atoms with van der Waals surface area (Å²) in [5, 5.41) is 1.26. The molecule has 1 heterocycles. The molecule has 1 nitrogen and oxygen atoms in total. The zero-order chi connectivity index (χ0) is 52.4. The van der Waals surface area contributed by atoms with Crippen molar-refractivity contribution in [3.8, 4) is 22.4 Å². The second-order valence-corrected chi connectivity index (χ2v) is 15.7. The molecule has 0 atom stereocenters. The Labute approximate surface area is 390 Å². The molecule has 0 fully saturated rings. The van der Waals surface area contributed by atoms with E-state index in [1.165, 1.54) is 38.9 Å². The maximum atomic E-state index is 15.4. The molecule has 0 radical (unpaired) electrons. The Hall–Kier alpha value is -7.91.